The van der Waals surface area contributed by atoms with Gasteiger partial charge in [0.25, 0.3) is 5.56 Å². The summed E-state index contributed by atoms with van der Waals surface area (Å²) in [4.78, 5) is 21.9. The second-order valence-corrected chi connectivity index (χ2v) is 7.60. The maximum absolute atomic E-state index is 13.2. The molecule has 5 rings (SSSR count). The third-order valence-electron chi connectivity index (χ3n) is 5.83. The van der Waals surface area contributed by atoms with Crippen molar-refractivity contribution in [3.05, 3.63) is 70.7 Å². The Morgan fingerprint density at radius 1 is 1.14 bits per heavy atom. The number of halogens is 2. The van der Waals surface area contributed by atoms with Crippen molar-refractivity contribution in [3.8, 4) is 11.4 Å². The Balaban J connectivity index is 0.00000120. The van der Waals surface area contributed by atoms with Crippen LogP contribution < -0.4 is 10.9 Å². The van der Waals surface area contributed by atoms with E-state index in [0.29, 0.717) is 17.4 Å². The molecule has 1 fully saturated rings. The van der Waals surface area contributed by atoms with E-state index in [0.717, 1.165) is 38.4 Å². The maximum atomic E-state index is 13.2. The Kier molecular flexibility index (Phi) is 6.77. The number of aromatic nitrogens is 4. The SMILES string of the molecule is Cl.Cl.O=c1c(-c2nccn2CCc2cccnc2)ccc2n1C[C@@H]1CNC[C@H]2C1. The lowest BCUT2D eigenvalue weighted by Gasteiger charge is -2.37. The molecule has 1 N–H and O–H groups in total. The van der Waals surface area contributed by atoms with Gasteiger partial charge in [-0.25, -0.2) is 4.98 Å². The Labute approximate surface area is 182 Å². The Hall–Kier alpha value is -2.15. The van der Waals surface area contributed by atoms with Gasteiger partial charge in [0.2, 0.25) is 0 Å². The molecular formula is C21H25Cl2N5O. The van der Waals surface area contributed by atoms with Crippen molar-refractivity contribution in [3.63, 3.8) is 0 Å². The van der Waals surface area contributed by atoms with Crippen molar-refractivity contribution in [1.82, 2.24) is 24.4 Å². The number of nitrogens with one attached hydrogen (secondary N) is 1. The summed E-state index contributed by atoms with van der Waals surface area (Å²) >= 11 is 0. The van der Waals surface area contributed by atoms with Gasteiger partial charge in [0.15, 0.2) is 0 Å². The molecule has 2 aliphatic rings. The average Bonchev–Trinajstić information content (AvgIpc) is 3.17. The van der Waals surface area contributed by atoms with E-state index >= 15 is 0 Å². The summed E-state index contributed by atoms with van der Waals surface area (Å²) in [5.74, 6) is 1.76. The maximum Gasteiger partial charge on any atom is 0.261 e. The molecule has 0 aromatic carbocycles. The Morgan fingerprint density at radius 2 is 2.03 bits per heavy atom. The van der Waals surface area contributed by atoms with Crippen LogP contribution in [0.5, 0.6) is 0 Å². The summed E-state index contributed by atoms with van der Waals surface area (Å²) in [5, 5.41) is 3.49. The minimum atomic E-state index is 0. The van der Waals surface area contributed by atoms with E-state index < -0.39 is 0 Å². The molecule has 3 aromatic rings. The lowest BCUT2D eigenvalue weighted by Crippen LogP contribution is -2.45. The first-order valence-electron chi connectivity index (χ1n) is 9.64. The molecule has 0 saturated carbocycles. The van der Waals surface area contributed by atoms with E-state index in [4.69, 9.17) is 0 Å². The monoisotopic (exact) mass is 433 g/mol. The van der Waals surface area contributed by atoms with Gasteiger partial charge in [0.05, 0.1) is 5.56 Å². The third kappa shape index (κ3) is 4.10. The van der Waals surface area contributed by atoms with Crippen LogP contribution in [-0.2, 0) is 19.5 Å². The largest absolute Gasteiger partial charge is 0.330 e. The summed E-state index contributed by atoms with van der Waals surface area (Å²) in [5.41, 5.74) is 3.14. The van der Waals surface area contributed by atoms with Gasteiger partial charge in [-0.2, -0.15) is 0 Å². The van der Waals surface area contributed by atoms with Crippen LogP contribution >= 0.6 is 24.8 Å². The number of hydrogen-bond acceptors (Lipinski definition) is 4. The fourth-order valence-electron chi connectivity index (χ4n) is 4.49. The Bertz CT molecular complexity index is 1020. The number of piperidine rings is 1. The predicted octanol–water partition coefficient (Wildman–Crippen LogP) is 2.90. The van der Waals surface area contributed by atoms with Crippen LogP contribution in [0.2, 0.25) is 0 Å². The molecule has 154 valence electrons. The minimum Gasteiger partial charge on any atom is -0.330 e. The highest BCUT2D eigenvalue weighted by molar-refractivity contribution is 5.85. The second-order valence-electron chi connectivity index (χ2n) is 7.60. The molecule has 2 bridgehead atoms. The van der Waals surface area contributed by atoms with E-state index in [1.807, 2.05) is 29.1 Å². The molecular weight excluding hydrogens is 409 g/mol. The van der Waals surface area contributed by atoms with Crippen molar-refractivity contribution in [2.75, 3.05) is 13.1 Å². The van der Waals surface area contributed by atoms with Crippen molar-refractivity contribution in [1.29, 1.82) is 0 Å². The van der Waals surface area contributed by atoms with Crippen LogP contribution in [0.4, 0.5) is 0 Å². The zero-order chi connectivity index (χ0) is 18.2. The molecule has 0 amide bonds. The summed E-state index contributed by atoms with van der Waals surface area (Å²) in [7, 11) is 0. The van der Waals surface area contributed by atoms with Gasteiger partial charge in [0.1, 0.15) is 5.82 Å². The molecule has 0 radical (unpaired) electrons. The fourth-order valence-corrected chi connectivity index (χ4v) is 4.49. The highest BCUT2D eigenvalue weighted by atomic mass is 35.5. The highest BCUT2D eigenvalue weighted by Crippen LogP contribution is 2.32. The van der Waals surface area contributed by atoms with Crippen LogP contribution in [0.15, 0.2) is 53.8 Å². The summed E-state index contributed by atoms with van der Waals surface area (Å²) in [6.07, 6.45) is 9.45. The quantitative estimate of drug-likeness (QED) is 0.686. The first kappa shape index (κ1) is 21.6. The van der Waals surface area contributed by atoms with Crippen LogP contribution in [0.1, 0.15) is 23.6 Å². The number of hydrogen-bond donors (Lipinski definition) is 1. The molecule has 0 aliphatic carbocycles. The number of fused-ring (bicyclic) bond motifs is 4. The van der Waals surface area contributed by atoms with Gasteiger partial charge in [-0.15, -0.1) is 24.8 Å². The number of aryl methyl sites for hydroxylation is 2. The molecule has 6 nitrogen and oxygen atoms in total. The van der Waals surface area contributed by atoms with Crippen LogP contribution in [0.25, 0.3) is 11.4 Å². The van der Waals surface area contributed by atoms with E-state index in [9.17, 15) is 4.79 Å². The van der Waals surface area contributed by atoms with Crippen LogP contribution in [0.3, 0.4) is 0 Å². The molecule has 5 heterocycles. The van der Waals surface area contributed by atoms with E-state index in [1.165, 1.54) is 17.7 Å². The summed E-state index contributed by atoms with van der Waals surface area (Å²) in [6, 6.07) is 8.12. The minimum absolute atomic E-state index is 0. The third-order valence-corrected chi connectivity index (χ3v) is 5.83. The molecule has 2 aliphatic heterocycles. The number of rotatable bonds is 4. The van der Waals surface area contributed by atoms with Crippen molar-refractivity contribution in [2.24, 2.45) is 5.92 Å². The van der Waals surface area contributed by atoms with E-state index in [2.05, 4.69) is 32.0 Å². The van der Waals surface area contributed by atoms with Gasteiger partial charge in [-0.3, -0.25) is 9.78 Å². The van der Waals surface area contributed by atoms with Crippen molar-refractivity contribution >= 4 is 24.8 Å². The first-order chi connectivity index (χ1) is 13.3. The molecule has 3 aromatic heterocycles. The van der Waals surface area contributed by atoms with Gasteiger partial charge in [-0.1, -0.05) is 6.07 Å². The smallest absolute Gasteiger partial charge is 0.261 e. The fraction of sp³-hybridized carbons (Fsp3) is 0.381. The number of nitrogens with zero attached hydrogens (tertiary/aromatic N) is 4. The topological polar surface area (TPSA) is 64.7 Å². The van der Waals surface area contributed by atoms with E-state index in [1.54, 1.807) is 12.4 Å². The normalized spacial score (nSPS) is 19.6. The second kappa shape index (κ2) is 9.11. The van der Waals surface area contributed by atoms with Crippen LogP contribution in [0, 0.1) is 5.92 Å². The number of pyridine rings is 2. The highest BCUT2D eigenvalue weighted by Gasteiger charge is 2.31. The van der Waals surface area contributed by atoms with Gasteiger partial charge in [-0.05, 0) is 49.1 Å². The lowest BCUT2D eigenvalue weighted by molar-refractivity contribution is 0.257. The molecule has 1 saturated heterocycles. The van der Waals surface area contributed by atoms with Gasteiger partial charge in [0, 0.05) is 56.0 Å². The predicted molar refractivity (Wildman–Crippen MR) is 118 cm³/mol. The molecule has 0 unspecified atom stereocenters. The molecule has 0 spiro atoms. The lowest BCUT2D eigenvalue weighted by atomic mass is 9.84. The van der Waals surface area contributed by atoms with Gasteiger partial charge >= 0.3 is 0 Å². The zero-order valence-corrected chi connectivity index (χ0v) is 17.7. The molecule has 2 atom stereocenters. The van der Waals surface area contributed by atoms with Crippen molar-refractivity contribution in [2.45, 2.75) is 31.8 Å². The first-order valence-corrected chi connectivity index (χ1v) is 9.64. The summed E-state index contributed by atoms with van der Waals surface area (Å²) < 4.78 is 4.07. The molecule has 8 heteroatoms. The van der Waals surface area contributed by atoms with E-state index in [-0.39, 0.29) is 30.4 Å². The average molecular weight is 434 g/mol. The van der Waals surface area contributed by atoms with Crippen molar-refractivity contribution < 1.29 is 0 Å². The zero-order valence-electron chi connectivity index (χ0n) is 16.0. The van der Waals surface area contributed by atoms with Crippen LogP contribution in [-0.4, -0.2) is 32.2 Å². The summed E-state index contributed by atoms with van der Waals surface area (Å²) in [6.45, 7) is 3.56. The van der Waals surface area contributed by atoms with Gasteiger partial charge < -0.3 is 14.5 Å². The molecule has 29 heavy (non-hydrogen) atoms. The standard InChI is InChI=1S/C21H23N5O.2ClH/c27-21-18(3-4-19-17-10-16(12-23-13-17)14-26(19)21)20-24-7-9-25(20)8-5-15-2-1-6-22-11-15;;/h1-4,6-7,9,11,16-17,23H,5,8,10,12-14H2;2*1H/t16-,17+;;/m0../s1. The number of imidazole rings is 1. The Morgan fingerprint density at radius 3 is 2.86 bits per heavy atom.